The van der Waals surface area contributed by atoms with Gasteiger partial charge in [-0.05, 0) is 52.6 Å². The second-order valence-corrected chi connectivity index (χ2v) is 5.86. The summed E-state index contributed by atoms with van der Waals surface area (Å²) in [7, 11) is 0. The molecule has 0 radical (unpaired) electrons. The van der Waals surface area contributed by atoms with E-state index < -0.39 is 0 Å². The lowest BCUT2D eigenvalue weighted by molar-refractivity contribution is 0.243. The lowest BCUT2D eigenvalue weighted by Gasteiger charge is -2.18. The lowest BCUT2D eigenvalue weighted by Crippen LogP contribution is -2.11. The third-order valence-electron chi connectivity index (χ3n) is 1.92. The molecule has 0 spiro atoms. The van der Waals surface area contributed by atoms with Crippen LogP contribution in [0.4, 0.5) is 0 Å². The van der Waals surface area contributed by atoms with E-state index in [0.29, 0.717) is 5.41 Å². The first kappa shape index (κ1) is 11.8. The Balaban J connectivity index is 2.39. The van der Waals surface area contributed by atoms with Gasteiger partial charge >= 0.3 is 0 Å². The van der Waals surface area contributed by atoms with Crippen molar-refractivity contribution in [3.05, 3.63) is 27.8 Å². The highest BCUT2D eigenvalue weighted by Crippen LogP contribution is 2.20. The maximum absolute atomic E-state index is 5.66. The predicted molar refractivity (Wildman–Crippen MR) is 68.7 cm³/mol. The molecule has 0 saturated heterocycles. The number of hydrogen-bond acceptors (Lipinski definition) is 1. The Hall–Kier alpha value is -0.250. The molecule has 0 aliphatic carbocycles. The fraction of sp³-hybridized carbons (Fsp3) is 0.500. The van der Waals surface area contributed by atoms with Gasteiger partial charge < -0.3 is 4.74 Å². The van der Waals surface area contributed by atoms with E-state index in [1.165, 1.54) is 3.57 Å². The van der Waals surface area contributed by atoms with Crippen LogP contribution in [0.5, 0.6) is 5.75 Å². The summed E-state index contributed by atoms with van der Waals surface area (Å²) in [5.41, 5.74) is 0.349. The summed E-state index contributed by atoms with van der Waals surface area (Å²) in [6.07, 6.45) is 1.08. The van der Waals surface area contributed by atoms with E-state index in [1.54, 1.807) is 0 Å². The molecule has 0 amide bonds. The monoisotopic (exact) mass is 304 g/mol. The molecule has 0 aliphatic rings. The Morgan fingerprint density at radius 1 is 1.29 bits per heavy atom. The van der Waals surface area contributed by atoms with Gasteiger partial charge in [-0.25, -0.2) is 0 Å². The van der Waals surface area contributed by atoms with Crippen LogP contribution in [0.1, 0.15) is 27.2 Å². The molecule has 1 rings (SSSR count). The topological polar surface area (TPSA) is 9.23 Å². The summed E-state index contributed by atoms with van der Waals surface area (Å²) in [5.74, 6) is 0.973. The summed E-state index contributed by atoms with van der Waals surface area (Å²) in [5, 5.41) is 0. The van der Waals surface area contributed by atoms with Crippen LogP contribution in [-0.2, 0) is 0 Å². The zero-order valence-electron chi connectivity index (χ0n) is 9.01. The van der Waals surface area contributed by atoms with E-state index >= 15 is 0 Å². The molecule has 14 heavy (non-hydrogen) atoms. The third-order valence-corrected chi connectivity index (χ3v) is 2.59. The van der Waals surface area contributed by atoms with Crippen molar-refractivity contribution >= 4 is 22.6 Å². The zero-order chi connectivity index (χ0) is 10.6. The smallest absolute Gasteiger partial charge is 0.120 e. The second-order valence-electron chi connectivity index (χ2n) is 4.62. The molecular formula is C12H17IO. The molecule has 0 fully saturated rings. The maximum Gasteiger partial charge on any atom is 0.120 e. The number of ether oxygens (including phenoxy) is 1. The van der Waals surface area contributed by atoms with Crippen LogP contribution >= 0.6 is 22.6 Å². The molecule has 2 heteroatoms. The van der Waals surface area contributed by atoms with E-state index in [0.717, 1.165) is 18.8 Å². The lowest BCUT2D eigenvalue weighted by atomic mass is 9.93. The van der Waals surface area contributed by atoms with Gasteiger partial charge in [0.15, 0.2) is 0 Å². The number of rotatable bonds is 3. The highest BCUT2D eigenvalue weighted by atomic mass is 127. The molecule has 0 N–H and O–H groups in total. The molecule has 0 aliphatic heterocycles. The SMILES string of the molecule is CC(C)(C)CCOc1cccc(I)c1. The summed E-state index contributed by atoms with van der Waals surface area (Å²) >= 11 is 2.29. The van der Waals surface area contributed by atoms with Gasteiger partial charge in [0, 0.05) is 3.57 Å². The van der Waals surface area contributed by atoms with Gasteiger partial charge in [-0.3, -0.25) is 0 Å². The second kappa shape index (κ2) is 5.01. The quantitative estimate of drug-likeness (QED) is 0.764. The third kappa shape index (κ3) is 4.84. The molecule has 0 atom stereocenters. The molecular weight excluding hydrogens is 287 g/mol. The minimum atomic E-state index is 0.349. The van der Waals surface area contributed by atoms with Crippen molar-refractivity contribution in [1.82, 2.24) is 0 Å². The first-order valence-corrected chi connectivity index (χ1v) is 5.94. The molecule has 1 aromatic carbocycles. The zero-order valence-corrected chi connectivity index (χ0v) is 11.2. The van der Waals surface area contributed by atoms with E-state index in [4.69, 9.17) is 4.74 Å². The Labute approximate surface area is 100.0 Å². The number of halogens is 1. The van der Waals surface area contributed by atoms with Crippen molar-refractivity contribution in [3.63, 3.8) is 0 Å². The first-order valence-electron chi connectivity index (χ1n) is 4.86. The van der Waals surface area contributed by atoms with E-state index in [-0.39, 0.29) is 0 Å². The minimum absolute atomic E-state index is 0.349. The van der Waals surface area contributed by atoms with Crippen LogP contribution in [0, 0.1) is 8.99 Å². The highest BCUT2D eigenvalue weighted by molar-refractivity contribution is 14.1. The van der Waals surface area contributed by atoms with Crippen LogP contribution in [0.15, 0.2) is 24.3 Å². The van der Waals surface area contributed by atoms with Crippen molar-refractivity contribution in [2.24, 2.45) is 5.41 Å². The standard InChI is InChI=1S/C12H17IO/c1-12(2,3)7-8-14-11-6-4-5-10(13)9-11/h4-6,9H,7-8H2,1-3H3. The molecule has 1 nitrogen and oxygen atoms in total. The minimum Gasteiger partial charge on any atom is -0.494 e. The van der Waals surface area contributed by atoms with E-state index in [2.05, 4.69) is 55.5 Å². The van der Waals surface area contributed by atoms with Crippen molar-refractivity contribution in [2.45, 2.75) is 27.2 Å². The van der Waals surface area contributed by atoms with Crippen LogP contribution in [0.3, 0.4) is 0 Å². The van der Waals surface area contributed by atoms with Crippen LogP contribution < -0.4 is 4.74 Å². The largest absolute Gasteiger partial charge is 0.494 e. The summed E-state index contributed by atoms with van der Waals surface area (Å²) in [6.45, 7) is 7.48. The van der Waals surface area contributed by atoms with Crippen molar-refractivity contribution in [2.75, 3.05) is 6.61 Å². The highest BCUT2D eigenvalue weighted by Gasteiger charge is 2.09. The number of hydrogen-bond donors (Lipinski definition) is 0. The maximum atomic E-state index is 5.66. The summed E-state index contributed by atoms with van der Waals surface area (Å²) in [4.78, 5) is 0. The number of benzene rings is 1. The van der Waals surface area contributed by atoms with Crippen molar-refractivity contribution in [3.8, 4) is 5.75 Å². The average Bonchev–Trinajstić information content (AvgIpc) is 2.01. The molecule has 0 unspecified atom stereocenters. The first-order chi connectivity index (χ1) is 6.47. The van der Waals surface area contributed by atoms with Gasteiger partial charge in [0.1, 0.15) is 5.75 Å². The molecule has 0 aromatic heterocycles. The molecule has 0 saturated carbocycles. The average molecular weight is 304 g/mol. The Morgan fingerprint density at radius 3 is 2.57 bits per heavy atom. The van der Waals surface area contributed by atoms with Crippen molar-refractivity contribution in [1.29, 1.82) is 0 Å². The van der Waals surface area contributed by atoms with Crippen molar-refractivity contribution < 1.29 is 4.74 Å². The Morgan fingerprint density at radius 2 is 2.00 bits per heavy atom. The fourth-order valence-corrected chi connectivity index (χ4v) is 1.55. The van der Waals surface area contributed by atoms with Gasteiger partial charge in [0.25, 0.3) is 0 Å². The molecule has 0 heterocycles. The van der Waals surface area contributed by atoms with Gasteiger partial charge in [-0.2, -0.15) is 0 Å². The Bertz CT molecular complexity index is 289. The summed E-state index contributed by atoms with van der Waals surface area (Å²) in [6, 6.07) is 8.15. The normalized spacial score (nSPS) is 11.4. The van der Waals surface area contributed by atoms with Gasteiger partial charge in [0.05, 0.1) is 6.61 Å². The Kier molecular flexibility index (Phi) is 4.23. The van der Waals surface area contributed by atoms with E-state index in [1.807, 2.05) is 12.1 Å². The molecule has 1 aromatic rings. The van der Waals surface area contributed by atoms with Gasteiger partial charge in [-0.1, -0.05) is 26.8 Å². The van der Waals surface area contributed by atoms with E-state index in [9.17, 15) is 0 Å². The van der Waals surface area contributed by atoms with Crippen LogP contribution in [-0.4, -0.2) is 6.61 Å². The van der Waals surface area contributed by atoms with Gasteiger partial charge in [-0.15, -0.1) is 0 Å². The predicted octanol–water partition coefficient (Wildman–Crippen LogP) is 4.11. The molecule has 78 valence electrons. The molecule has 0 bridgehead atoms. The summed E-state index contributed by atoms with van der Waals surface area (Å²) < 4.78 is 6.88. The van der Waals surface area contributed by atoms with Gasteiger partial charge in [0.2, 0.25) is 0 Å². The fourth-order valence-electron chi connectivity index (χ4n) is 1.03. The van der Waals surface area contributed by atoms with Crippen LogP contribution in [0.25, 0.3) is 0 Å². The van der Waals surface area contributed by atoms with Crippen LogP contribution in [0.2, 0.25) is 0 Å².